The minimum atomic E-state index is -0.239. The molecule has 94 valence electrons. The highest BCUT2D eigenvalue weighted by molar-refractivity contribution is 5.95. The molecule has 0 spiro atoms. The van der Waals surface area contributed by atoms with Crippen LogP contribution in [-0.4, -0.2) is 23.2 Å². The van der Waals surface area contributed by atoms with Crippen molar-refractivity contribution in [1.82, 2.24) is 9.99 Å². The lowest BCUT2D eigenvalue weighted by Gasteiger charge is -2.14. The zero-order chi connectivity index (χ0) is 12.4. The van der Waals surface area contributed by atoms with Crippen LogP contribution in [-0.2, 0) is 11.3 Å². The fourth-order valence-electron chi connectivity index (χ4n) is 2.38. The van der Waals surface area contributed by atoms with Gasteiger partial charge in [-0.15, -0.1) is 0 Å². The number of hydrogen-bond acceptors (Lipinski definition) is 3. The molecule has 0 aromatic carbocycles. The van der Waals surface area contributed by atoms with Gasteiger partial charge in [-0.25, -0.2) is 5.84 Å². The molecule has 5 heteroatoms. The van der Waals surface area contributed by atoms with Crippen molar-refractivity contribution in [3.63, 3.8) is 0 Å². The average Bonchev–Trinajstić information content (AvgIpc) is 2.91. The molecule has 0 aliphatic carbocycles. The van der Waals surface area contributed by atoms with Crippen LogP contribution >= 0.6 is 0 Å². The molecule has 1 fully saturated rings. The molecule has 0 radical (unpaired) electrons. The van der Waals surface area contributed by atoms with Gasteiger partial charge in [0.05, 0.1) is 11.7 Å². The number of amides is 1. The highest BCUT2D eigenvalue weighted by atomic mass is 16.5. The van der Waals surface area contributed by atoms with Crippen molar-refractivity contribution in [1.29, 1.82) is 0 Å². The van der Waals surface area contributed by atoms with Gasteiger partial charge in [-0.2, -0.15) is 0 Å². The Morgan fingerprint density at radius 2 is 2.41 bits per heavy atom. The van der Waals surface area contributed by atoms with Gasteiger partial charge in [0.15, 0.2) is 0 Å². The molecule has 2 heterocycles. The number of carbonyl (C=O) groups excluding carboxylic acids is 1. The highest BCUT2D eigenvalue weighted by Crippen LogP contribution is 2.20. The van der Waals surface area contributed by atoms with E-state index in [4.69, 9.17) is 10.6 Å². The van der Waals surface area contributed by atoms with Crippen molar-refractivity contribution in [2.75, 3.05) is 6.61 Å². The van der Waals surface area contributed by atoms with Gasteiger partial charge in [-0.3, -0.25) is 10.2 Å². The Balaban J connectivity index is 2.21. The van der Waals surface area contributed by atoms with E-state index < -0.39 is 0 Å². The predicted molar refractivity (Wildman–Crippen MR) is 64.5 cm³/mol. The molecule has 1 aliphatic heterocycles. The van der Waals surface area contributed by atoms with E-state index >= 15 is 0 Å². The second-order valence-electron chi connectivity index (χ2n) is 4.50. The van der Waals surface area contributed by atoms with Crippen molar-refractivity contribution in [3.05, 3.63) is 23.0 Å². The van der Waals surface area contributed by atoms with Gasteiger partial charge in [0.1, 0.15) is 0 Å². The van der Waals surface area contributed by atoms with Gasteiger partial charge >= 0.3 is 0 Å². The molecule has 17 heavy (non-hydrogen) atoms. The molecule has 2 rings (SSSR count). The van der Waals surface area contributed by atoms with E-state index in [1.165, 1.54) is 0 Å². The smallest absolute Gasteiger partial charge is 0.267 e. The Kier molecular flexibility index (Phi) is 3.49. The van der Waals surface area contributed by atoms with Gasteiger partial charge in [-0.05, 0) is 32.8 Å². The molecule has 1 unspecified atom stereocenters. The lowest BCUT2D eigenvalue weighted by Crippen LogP contribution is -2.30. The number of aromatic nitrogens is 1. The lowest BCUT2D eigenvalue weighted by atomic mass is 10.2. The maximum Gasteiger partial charge on any atom is 0.267 e. The molecule has 1 aromatic rings. The first kappa shape index (κ1) is 12.1. The number of carbonyl (C=O) groups is 1. The first-order valence-corrected chi connectivity index (χ1v) is 5.92. The van der Waals surface area contributed by atoms with E-state index in [0.717, 1.165) is 37.4 Å². The van der Waals surface area contributed by atoms with Gasteiger partial charge in [0.25, 0.3) is 5.91 Å². The maximum absolute atomic E-state index is 11.6. The highest BCUT2D eigenvalue weighted by Gasteiger charge is 2.20. The molecule has 5 nitrogen and oxygen atoms in total. The Bertz CT molecular complexity index is 420. The third-order valence-corrected chi connectivity index (χ3v) is 3.36. The van der Waals surface area contributed by atoms with Crippen molar-refractivity contribution < 1.29 is 9.53 Å². The van der Waals surface area contributed by atoms with Crippen LogP contribution < -0.4 is 11.3 Å². The zero-order valence-electron chi connectivity index (χ0n) is 10.3. The normalized spacial score (nSPS) is 19.6. The van der Waals surface area contributed by atoms with Crippen LogP contribution in [0, 0.1) is 13.8 Å². The number of rotatable bonds is 3. The second-order valence-corrected chi connectivity index (χ2v) is 4.50. The predicted octanol–water partition coefficient (Wildman–Crippen LogP) is 0.887. The van der Waals surface area contributed by atoms with Gasteiger partial charge in [-0.1, -0.05) is 0 Å². The van der Waals surface area contributed by atoms with Gasteiger partial charge in [0.2, 0.25) is 0 Å². The summed E-state index contributed by atoms with van der Waals surface area (Å²) in [5, 5.41) is 0. The minimum absolute atomic E-state index is 0.239. The summed E-state index contributed by atoms with van der Waals surface area (Å²) in [4.78, 5) is 11.6. The molecule has 0 saturated carbocycles. The average molecular weight is 237 g/mol. The summed E-state index contributed by atoms with van der Waals surface area (Å²) in [5.41, 5.74) is 4.83. The second kappa shape index (κ2) is 4.89. The monoisotopic (exact) mass is 237 g/mol. The number of nitrogens with two attached hydrogens (primary N) is 1. The summed E-state index contributed by atoms with van der Waals surface area (Å²) in [7, 11) is 0. The summed E-state index contributed by atoms with van der Waals surface area (Å²) in [6, 6.07) is 1.87. The summed E-state index contributed by atoms with van der Waals surface area (Å²) in [6.07, 6.45) is 2.49. The lowest BCUT2D eigenvalue weighted by molar-refractivity contribution is 0.0939. The summed E-state index contributed by atoms with van der Waals surface area (Å²) >= 11 is 0. The van der Waals surface area contributed by atoms with Crippen molar-refractivity contribution in [2.24, 2.45) is 5.84 Å². The Morgan fingerprint density at radius 3 is 3.00 bits per heavy atom. The Hall–Kier alpha value is -1.33. The Morgan fingerprint density at radius 1 is 1.65 bits per heavy atom. The summed E-state index contributed by atoms with van der Waals surface area (Å²) in [5.74, 6) is 4.92. The standard InChI is InChI=1S/C12H19N3O2/c1-8-6-11(12(16)14-13)9(2)15(8)7-10-4-3-5-17-10/h6,10H,3-5,7,13H2,1-2H3,(H,14,16). The Labute approximate surface area is 101 Å². The number of nitrogens with one attached hydrogen (secondary N) is 1. The maximum atomic E-state index is 11.6. The van der Waals surface area contributed by atoms with E-state index in [0.29, 0.717) is 5.56 Å². The van der Waals surface area contributed by atoms with E-state index in [9.17, 15) is 4.79 Å². The number of nitrogen functional groups attached to an aromatic ring is 1. The fraction of sp³-hybridized carbons (Fsp3) is 0.583. The van der Waals surface area contributed by atoms with Crippen LogP contribution in [0.15, 0.2) is 6.07 Å². The molecular formula is C12H19N3O2. The molecule has 0 bridgehead atoms. The SMILES string of the molecule is Cc1cc(C(=O)NN)c(C)n1CC1CCCO1. The molecular weight excluding hydrogens is 218 g/mol. The number of nitrogens with zero attached hydrogens (tertiary/aromatic N) is 1. The van der Waals surface area contributed by atoms with E-state index in [1.807, 2.05) is 19.9 Å². The molecule has 3 N–H and O–H groups in total. The molecule has 1 saturated heterocycles. The van der Waals surface area contributed by atoms with Crippen LogP contribution in [0.1, 0.15) is 34.6 Å². The number of hydrogen-bond donors (Lipinski definition) is 2. The van der Waals surface area contributed by atoms with Crippen LogP contribution in [0.25, 0.3) is 0 Å². The summed E-state index contributed by atoms with van der Waals surface area (Å²) < 4.78 is 7.74. The molecule has 1 aromatic heterocycles. The first-order chi connectivity index (χ1) is 8.13. The number of aryl methyl sites for hydroxylation is 1. The molecule has 1 atom stereocenters. The van der Waals surface area contributed by atoms with Crippen molar-refractivity contribution in [3.8, 4) is 0 Å². The third kappa shape index (κ3) is 2.35. The number of hydrazine groups is 1. The summed E-state index contributed by atoms with van der Waals surface area (Å²) in [6.45, 7) is 5.59. The van der Waals surface area contributed by atoms with Gasteiger partial charge < -0.3 is 9.30 Å². The van der Waals surface area contributed by atoms with E-state index in [-0.39, 0.29) is 12.0 Å². The minimum Gasteiger partial charge on any atom is -0.376 e. The molecule has 1 amide bonds. The topological polar surface area (TPSA) is 69.3 Å². The fourth-order valence-corrected chi connectivity index (χ4v) is 2.38. The van der Waals surface area contributed by atoms with Crippen LogP contribution in [0.2, 0.25) is 0 Å². The van der Waals surface area contributed by atoms with Crippen LogP contribution in [0.3, 0.4) is 0 Å². The van der Waals surface area contributed by atoms with Crippen molar-refractivity contribution >= 4 is 5.91 Å². The van der Waals surface area contributed by atoms with Crippen LogP contribution in [0.4, 0.5) is 0 Å². The van der Waals surface area contributed by atoms with Crippen molar-refractivity contribution in [2.45, 2.75) is 39.3 Å². The van der Waals surface area contributed by atoms with Gasteiger partial charge in [0, 0.05) is 24.5 Å². The van der Waals surface area contributed by atoms with E-state index in [1.54, 1.807) is 0 Å². The number of ether oxygens (including phenoxy) is 1. The van der Waals surface area contributed by atoms with Crippen LogP contribution in [0.5, 0.6) is 0 Å². The molecule has 1 aliphatic rings. The zero-order valence-corrected chi connectivity index (χ0v) is 10.3. The third-order valence-electron chi connectivity index (χ3n) is 3.36. The largest absolute Gasteiger partial charge is 0.376 e. The van der Waals surface area contributed by atoms with E-state index in [2.05, 4.69) is 9.99 Å². The first-order valence-electron chi connectivity index (χ1n) is 5.92. The quantitative estimate of drug-likeness (QED) is 0.466.